The second-order valence-electron chi connectivity index (χ2n) is 4.42. The molecule has 20 heavy (non-hydrogen) atoms. The van der Waals surface area contributed by atoms with Crippen molar-refractivity contribution in [3.8, 4) is 0 Å². The van der Waals surface area contributed by atoms with Gasteiger partial charge in [-0.3, -0.25) is 9.78 Å². The fourth-order valence-electron chi connectivity index (χ4n) is 1.52. The van der Waals surface area contributed by atoms with Gasteiger partial charge >= 0.3 is 5.97 Å². The Hall–Kier alpha value is -1.95. The molecule has 0 saturated carbocycles. The lowest BCUT2D eigenvalue weighted by Crippen LogP contribution is -2.42. The predicted octanol–water partition coefficient (Wildman–Crippen LogP) is 0.872. The maximum atomic E-state index is 11.7. The Morgan fingerprint density at radius 3 is 2.70 bits per heavy atom. The van der Waals surface area contributed by atoms with E-state index < -0.39 is 5.97 Å². The maximum absolute atomic E-state index is 11.7. The molecule has 0 aliphatic carbocycles. The zero-order chi connectivity index (χ0) is 15.0. The fourth-order valence-corrected chi connectivity index (χ4v) is 1.52. The number of esters is 1. The first-order valence-electron chi connectivity index (χ1n) is 6.62. The van der Waals surface area contributed by atoms with E-state index in [1.165, 1.54) is 13.3 Å². The van der Waals surface area contributed by atoms with Gasteiger partial charge < -0.3 is 15.4 Å². The highest BCUT2D eigenvalue weighted by atomic mass is 16.5. The third-order valence-corrected chi connectivity index (χ3v) is 2.78. The number of nitrogens with one attached hydrogen (secondary N) is 2. The standard InChI is InChI=1S/C14H21N3O3/c1-4-7-15-13(18)10(2)16-9-12-6-5-11(8-17-12)14(19)20-3/h5-6,8,10,16H,4,7,9H2,1-3H3,(H,15,18). The molecule has 0 bridgehead atoms. The van der Waals surface area contributed by atoms with Gasteiger partial charge in [0.2, 0.25) is 5.91 Å². The summed E-state index contributed by atoms with van der Waals surface area (Å²) in [4.78, 5) is 27.0. The van der Waals surface area contributed by atoms with Crippen LogP contribution in [0.25, 0.3) is 0 Å². The molecular weight excluding hydrogens is 258 g/mol. The molecule has 0 saturated heterocycles. The molecule has 1 heterocycles. The minimum absolute atomic E-state index is 0.0296. The van der Waals surface area contributed by atoms with E-state index in [0.29, 0.717) is 18.7 Å². The molecule has 110 valence electrons. The van der Waals surface area contributed by atoms with Crippen LogP contribution in [0.4, 0.5) is 0 Å². The van der Waals surface area contributed by atoms with Gasteiger partial charge in [-0.25, -0.2) is 4.79 Å². The number of nitrogens with zero attached hydrogens (tertiary/aromatic N) is 1. The maximum Gasteiger partial charge on any atom is 0.339 e. The van der Waals surface area contributed by atoms with Crippen LogP contribution >= 0.6 is 0 Å². The third kappa shape index (κ3) is 4.97. The minimum Gasteiger partial charge on any atom is -0.465 e. The van der Waals surface area contributed by atoms with E-state index in [4.69, 9.17) is 0 Å². The molecule has 1 amide bonds. The topological polar surface area (TPSA) is 80.3 Å². The Labute approximate surface area is 118 Å². The highest BCUT2D eigenvalue weighted by Gasteiger charge is 2.11. The Morgan fingerprint density at radius 2 is 2.15 bits per heavy atom. The molecule has 1 aromatic heterocycles. The first-order valence-corrected chi connectivity index (χ1v) is 6.62. The SMILES string of the molecule is CCCNC(=O)C(C)NCc1ccc(C(=O)OC)cn1. The summed E-state index contributed by atoms with van der Waals surface area (Å²) in [5.74, 6) is -0.442. The second-order valence-corrected chi connectivity index (χ2v) is 4.42. The highest BCUT2D eigenvalue weighted by molar-refractivity contribution is 5.88. The molecule has 2 N–H and O–H groups in total. The number of amides is 1. The first kappa shape index (κ1) is 16.1. The molecule has 1 rings (SSSR count). The van der Waals surface area contributed by atoms with Gasteiger partial charge in [-0.15, -0.1) is 0 Å². The monoisotopic (exact) mass is 279 g/mol. The number of methoxy groups -OCH3 is 1. The van der Waals surface area contributed by atoms with E-state index in [-0.39, 0.29) is 11.9 Å². The average molecular weight is 279 g/mol. The van der Waals surface area contributed by atoms with Gasteiger partial charge in [0.1, 0.15) is 0 Å². The Kier molecular flexibility index (Phi) is 6.66. The van der Waals surface area contributed by atoms with Crippen molar-refractivity contribution in [2.45, 2.75) is 32.9 Å². The molecule has 6 nitrogen and oxygen atoms in total. The van der Waals surface area contributed by atoms with Gasteiger partial charge in [0.25, 0.3) is 0 Å². The van der Waals surface area contributed by atoms with Crippen LogP contribution in [0.3, 0.4) is 0 Å². The minimum atomic E-state index is -0.413. The number of carbonyl (C=O) groups excluding carboxylic acids is 2. The summed E-state index contributed by atoms with van der Waals surface area (Å²) in [6, 6.07) is 3.09. The van der Waals surface area contributed by atoms with Crippen LogP contribution in [0.5, 0.6) is 0 Å². The van der Waals surface area contributed by atoms with Gasteiger partial charge in [-0.2, -0.15) is 0 Å². The van der Waals surface area contributed by atoms with Gasteiger partial charge in [0, 0.05) is 19.3 Å². The zero-order valence-corrected chi connectivity index (χ0v) is 12.1. The molecule has 0 aromatic carbocycles. The first-order chi connectivity index (χ1) is 9.58. The van der Waals surface area contributed by atoms with E-state index in [1.807, 2.05) is 6.92 Å². The zero-order valence-electron chi connectivity index (χ0n) is 12.1. The molecular formula is C14H21N3O3. The molecule has 0 spiro atoms. The van der Waals surface area contributed by atoms with Gasteiger partial charge in [0.05, 0.1) is 24.4 Å². The summed E-state index contributed by atoms with van der Waals surface area (Å²) in [6.07, 6.45) is 2.37. The van der Waals surface area contributed by atoms with Crippen molar-refractivity contribution in [1.82, 2.24) is 15.6 Å². The van der Waals surface area contributed by atoms with Crippen LogP contribution in [-0.4, -0.2) is 36.6 Å². The van der Waals surface area contributed by atoms with Crippen molar-refractivity contribution in [2.75, 3.05) is 13.7 Å². The number of ether oxygens (including phenoxy) is 1. The van der Waals surface area contributed by atoms with Crippen molar-refractivity contribution >= 4 is 11.9 Å². The summed E-state index contributed by atoms with van der Waals surface area (Å²) < 4.78 is 4.60. The smallest absolute Gasteiger partial charge is 0.339 e. The van der Waals surface area contributed by atoms with E-state index in [0.717, 1.165) is 12.1 Å². The van der Waals surface area contributed by atoms with Crippen molar-refractivity contribution in [3.63, 3.8) is 0 Å². The summed E-state index contributed by atoms with van der Waals surface area (Å²) in [5.41, 5.74) is 1.16. The normalized spacial score (nSPS) is 11.8. The van der Waals surface area contributed by atoms with E-state index in [9.17, 15) is 9.59 Å². The predicted molar refractivity (Wildman–Crippen MR) is 75.2 cm³/mol. The van der Waals surface area contributed by atoms with Crippen LogP contribution < -0.4 is 10.6 Å². The van der Waals surface area contributed by atoms with Crippen molar-refractivity contribution < 1.29 is 14.3 Å². The Morgan fingerprint density at radius 1 is 1.40 bits per heavy atom. The molecule has 0 radical (unpaired) electrons. The average Bonchev–Trinajstić information content (AvgIpc) is 2.49. The number of aromatic nitrogens is 1. The lowest BCUT2D eigenvalue weighted by atomic mass is 10.2. The molecule has 0 aliphatic heterocycles. The van der Waals surface area contributed by atoms with Crippen LogP contribution in [0, 0.1) is 0 Å². The van der Waals surface area contributed by atoms with E-state index in [2.05, 4.69) is 20.4 Å². The number of pyridine rings is 1. The van der Waals surface area contributed by atoms with Crippen LogP contribution in [0.1, 0.15) is 36.3 Å². The second kappa shape index (κ2) is 8.27. The quantitative estimate of drug-likeness (QED) is 0.724. The Balaban J connectivity index is 2.45. The number of carbonyl (C=O) groups is 2. The fraction of sp³-hybridized carbons (Fsp3) is 0.500. The molecule has 0 fully saturated rings. The van der Waals surface area contributed by atoms with Crippen LogP contribution in [-0.2, 0) is 16.1 Å². The highest BCUT2D eigenvalue weighted by Crippen LogP contribution is 2.02. The van der Waals surface area contributed by atoms with Gasteiger partial charge in [0.15, 0.2) is 0 Å². The summed E-state index contributed by atoms with van der Waals surface area (Å²) in [7, 11) is 1.33. The van der Waals surface area contributed by atoms with E-state index in [1.54, 1.807) is 19.1 Å². The number of hydrogen-bond acceptors (Lipinski definition) is 5. The van der Waals surface area contributed by atoms with Crippen molar-refractivity contribution in [1.29, 1.82) is 0 Å². The summed E-state index contributed by atoms with van der Waals surface area (Å²) in [6.45, 7) is 4.94. The summed E-state index contributed by atoms with van der Waals surface area (Å²) >= 11 is 0. The molecule has 6 heteroatoms. The van der Waals surface area contributed by atoms with Crippen molar-refractivity contribution in [2.24, 2.45) is 0 Å². The Bertz CT molecular complexity index is 445. The van der Waals surface area contributed by atoms with E-state index >= 15 is 0 Å². The molecule has 0 aliphatic rings. The molecule has 1 unspecified atom stereocenters. The molecule has 1 atom stereocenters. The van der Waals surface area contributed by atoms with Gasteiger partial charge in [-0.1, -0.05) is 6.92 Å². The summed E-state index contributed by atoms with van der Waals surface area (Å²) in [5, 5.41) is 5.90. The van der Waals surface area contributed by atoms with Crippen LogP contribution in [0.2, 0.25) is 0 Å². The number of rotatable bonds is 7. The van der Waals surface area contributed by atoms with Gasteiger partial charge in [-0.05, 0) is 25.5 Å². The van der Waals surface area contributed by atoms with Crippen molar-refractivity contribution in [3.05, 3.63) is 29.6 Å². The van der Waals surface area contributed by atoms with Crippen LogP contribution in [0.15, 0.2) is 18.3 Å². The lowest BCUT2D eigenvalue weighted by molar-refractivity contribution is -0.122. The number of hydrogen-bond donors (Lipinski definition) is 2. The lowest BCUT2D eigenvalue weighted by Gasteiger charge is -2.13. The third-order valence-electron chi connectivity index (χ3n) is 2.78. The largest absolute Gasteiger partial charge is 0.465 e. The molecule has 1 aromatic rings.